The molecule has 25 heavy (non-hydrogen) atoms. The van der Waals surface area contributed by atoms with E-state index >= 15 is 0 Å². The Morgan fingerprint density at radius 2 is 2.12 bits per heavy atom. The zero-order valence-electron chi connectivity index (χ0n) is 15.3. The molecule has 0 N–H and O–H groups in total. The van der Waals surface area contributed by atoms with Gasteiger partial charge in [-0.1, -0.05) is 32.0 Å². The lowest BCUT2D eigenvalue weighted by Gasteiger charge is -2.27. The summed E-state index contributed by atoms with van der Waals surface area (Å²) in [6.45, 7) is 7.72. The molecule has 1 aliphatic rings. The summed E-state index contributed by atoms with van der Waals surface area (Å²) in [7, 11) is 1.72. The Kier molecular flexibility index (Phi) is 5.87. The lowest BCUT2D eigenvalue weighted by molar-refractivity contribution is 0.193. The first-order chi connectivity index (χ1) is 12.2. The van der Waals surface area contributed by atoms with Gasteiger partial charge >= 0.3 is 0 Å². The van der Waals surface area contributed by atoms with Crippen LogP contribution in [0.1, 0.15) is 37.4 Å². The summed E-state index contributed by atoms with van der Waals surface area (Å²) < 4.78 is 11.0. The fourth-order valence-corrected chi connectivity index (χ4v) is 3.24. The standard InChI is InChI=1S/C20H27N3O2/c1-15(2)11-23(12-16-6-4-5-7-19(16)24-3)20-10-18(21-14-22-20)17-8-9-25-13-17/h4-7,10,14-15,17H,8-9,11-13H2,1-3H3/t17-/m0/s1. The average Bonchev–Trinajstić information content (AvgIpc) is 3.16. The normalized spacial score (nSPS) is 17.0. The molecule has 0 amide bonds. The largest absolute Gasteiger partial charge is 0.496 e. The van der Waals surface area contributed by atoms with Crippen molar-refractivity contribution in [2.24, 2.45) is 5.92 Å². The van der Waals surface area contributed by atoms with Crippen molar-refractivity contribution in [2.45, 2.75) is 32.7 Å². The van der Waals surface area contributed by atoms with E-state index in [0.717, 1.165) is 55.5 Å². The summed E-state index contributed by atoms with van der Waals surface area (Å²) in [6, 6.07) is 10.3. The van der Waals surface area contributed by atoms with Gasteiger partial charge in [-0.25, -0.2) is 9.97 Å². The maximum atomic E-state index is 5.52. The molecule has 1 saturated heterocycles. The van der Waals surface area contributed by atoms with E-state index in [-0.39, 0.29) is 0 Å². The number of hydrogen-bond donors (Lipinski definition) is 0. The molecule has 0 saturated carbocycles. The molecular weight excluding hydrogens is 314 g/mol. The van der Waals surface area contributed by atoms with Gasteiger partial charge in [0.2, 0.25) is 0 Å². The SMILES string of the molecule is COc1ccccc1CN(CC(C)C)c1cc([C@H]2CCOC2)ncn1. The van der Waals surface area contributed by atoms with Gasteiger partial charge < -0.3 is 14.4 Å². The second-order valence-corrected chi connectivity index (χ2v) is 6.95. The number of anilines is 1. The smallest absolute Gasteiger partial charge is 0.132 e. The third-order valence-corrected chi connectivity index (χ3v) is 4.49. The summed E-state index contributed by atoms with van der Waals surface area (Å²) >= 11 is 0. The molecule has 1 atom stereocenters. The number of rotatable bonds is 7. The van der Waals surface area contributed by atoms with E-state index in [2.05, 4.69) is 40.8 Å². The van der Waals surface area contributed by atoms with Crippen LogP contribution in [0.4, 0.5) is 5.82 Å². The van der Waals surface area contributed by atoms with Gasteiger partial charge in [0.1, 0.15) is 17.9 Å². The number of para-hydroxylation sites is 1. The van der Waals surface area contributed by atoms with Crippen molar-refractivity contribution in [3.63, 3.8) is 0 Å². The van der Waals surface area contributed by atoms with Gasteiger partial charge in [0.05, 0.1) is 19.4 Å². The van der Waals surface area contributed by atoms with Gasteiger partial charge in [-0.2, -0.15) is 0 Å². The fourth-order valence-electron chi connectivity index (χ4n) is 3.24. The molecule has 1 aromatic carbocycles. The zero-order valence-corrected chi connectivity index (χ0v) is 15.3. The Labute approximate surface area is 150 Å². The summed E-state index contributed by atoms with van der Waals surface area (Å²) in [4.78, 5) is 11.3. The van der Waals surface area contributed by atoms with E-state index in [1.807, 2.05) is 18.2 Å². The van der Waals surface area contributed by atoms with Crippen LogP contribution >= 0.6 is 0 Å². The summed E-state index contributed by atoms with van der Waals surface area (Å²) in [5.41, 5.74) is 2.24. The lowest BCUT2D eigenvalue weighted by Crippen LogP contribution is -2.28. The van der Waals surface area contributed by atoms with Crippen molar-refractivity contribution >= 4 is 5.82 Å². The van der Waals surface area contributed by atoms with Crippen LogP contribution in [-0.2, 0) is 11.3 Å². The number of ether oxygens (including phenoxy) is 2. The van der Waals surface area contributed by atoms with Crippen LogP contribution in [0.5, 0.6) is 5.75 Å². The Hall–Kier alpha value is -2.14. The maximum Gasteiger partial charge on any atom is 0.132 e. The van der Waals surface area contributed by atoms with Gasteiger partial charge in [0.15, 0.2) is 0 Å². The molecule has 0 spiro atoms. The highest BCUT2D eigenvalue weighted by molar-refractivity contribution is 5.43. The van der Waals surface area contributed by atoms with Crippen LogP contribution in [0, 0.1) is 5.92 Å². The maximum absolute atomic E-state index is 5.52. The van der Waals surface area contributed by atoms with Crippen LogP contribution in [0.3, 0.4) is 0 Å². The van der Waals surface area contributed by atoms with Crippen molar-refractivity contribution in [3.8, 4) is 5.75 Å². The Balaban J connectivity index is 1.86. The zero-order chi connectivity index (χ0) is 17.6. The number of nitrogens with zero attached hydrogens (tertiary/aromatic N) is 3. The van der Waals surface area contributed by atoms with E-state index in [1.54, 1.807) is 13.4 Å². The highest BCUT2D eigenvalue weighted by atomic mass is 16.5. The minimum atomic E-state index is 0.383. The minimum absolute atomic E-state index is 0.383. The van der Waals surface area contributed by atoms with Crippen molar-refractivity contribution in [2.75, 3.05) is 31.8 Å². The molecule has 1 aliphatic heterocycles. The highest BCUT2D eigenvalue weighted by Gasteiger charge is 2.21. The molecule has 3 rings (SSSR count). The van der Waals surface area contributed by atoms with Crippen molar-refractivity contribution < 1.29 is 9.47 Å². The number of aromatic nitrogens is 2. The van der Waals surface area contributed by atoms with E-state index < -0.39 is 0 Å². The Morgan fingerprint density at radius 3 is 2.84 bits per heavy atom. The first-order valence-corrected chi connectivity index (χ1v) is 8.94. The number of hydrogen-bond acceptors (Lipinski definition) is 5. The molecule has 1 fully saturated rings. The first-order valence-electron chi connectivity index (χ1n) is 8.94. The van der Waals surface area contributed by atoms with E-state index in [9.17, 15) is 0 Å². The van der Waals surface area contributed by atoms with E-state index in [1.165, 1.54) is 0 Å². The monoisotopic (exact) mass is 341 g/mol. The molecular formula is C20H27N3O2. The average molecular weight is 341 g/mol. The van der Waals surface area contributed by atoms with Gasteiger partial charge in [-0.15, -0.1) is 0 Å². The quantitative estimate of drug-likeness (QED) is 0.769. The topological polar surface area (TPSA) is 47.5 Å². The number of benzene rings is 1. The van der Waals surface area contributed by atoms with Crippen molar-refractivity contribution in [1.29, 1.82) is 0 Å². The third-order valence-electron chi connectivity index (χ3n) is 4.49. The van der Waals surface area contributed by atoms with Crippen molar-refractivity contribution in [1.82, 2.24) is 9.97 Å². The molecule has 0 radical (unpaired) electrons. The summed E-state index contributed by atoms with van der Waals surface area (Å²) in [5, 5.41) is 0. The second kappa shape index (κ2) is 8.30. The lowest BCUT2D eigenvalue weighted by atomic mass is 10.0. The van der Waals surface area contributed by atoms with Crippen LogP contribution < -0.4 is 9.64 Å². The van der Waals surface area contributed by atoms with Gasteiger partial charge in [-0.05, 0) is 18.4 Å². The first kappa shape index (κ1) is 17.7. The van der Waals surface area contributed by atoms with Crippen LogP contribution in [0.2, 0.25) is 0 Å². The molecule has 2 aromatic rings. The molecule has 0 aliphatic carbocycles. The molecule has 134 valence electrons. The minimum Gasteiger partial charge on any atom is -0.496 e. The van der Waals surface area contributed by atoms with Gasteiger partial charge in [0.25, 0.3) is 0 Å². The van der Waals surface area contributed by atoms with Crippen LogP contribution in [-0.4, -0.2) is 36.8 Å². The Bertz CT molecular complexity index is 684. The van der Waals surface area contributed by atoms with Crippen LogP contribution in [0.25, 0.3) is 0 Å². The second-order valence-electron chi connectivity index (χ2n) is 6.95. The van der Waals surface area contributed by atoms with E-state index in [4.69, 9.17) is 9.47 Å². The molecule has 5 heteroatoms. The third kappa shape index (κ3) is 4.48. The molecule has 0 unspecified atom stereocenters. The molecule has 5 nitrogen and oxygen atoms in total. The molecule has 2 heterocycles. The van der Waals surface area contributed by atoms with Gasteiger partial charge in [0, 0.05) is 37.2 Å². The van der Waals surface area contributed by atoms with E-state index in [0.29, 0.717) is 11.8 Å². The predicted molar refractivity (Wildman–Crippen MR) is 99.1 cm³/mol. The highest BCUT2D eigenvalue weighted by Crippen LogP contribution is 2.27. The molecule has 0 bridgehead atoms. The predicted octanol–water partition coefficient (Wildman–Crippen LogP) is 3.65. The summed E-state index contributed by atoms with van der Waals surface area (Å²) in [5.74, 6) is 2.79. The summed E-state index contributed by atoms with van der Waals surface area (Å²) in [6.07, 6.45) is 2.71. The van der Waals surface area contributed by atoms with Crippen molar-refractivity contribution in [3.05, 3.63) is 47.9 Å². The Morgan fingerprint density at radius 1 is 1.28 bits per heavy atom. The van der Waals surface area contributed by atoms with Crippen LogP contribution in [0.15, 0.2) is 36.7 Å². The number of methoxy groups -OCH3 is 1. The van der Waals surface area contributed by atoms with Gasteiger partial charge in [-0.3, -0.25) is 0 Å². The fraction of sp³-hybridized carbons (Fsp3) is 0.500. The molecule has 1 aromatic heterocycles.